The molecule has 0 radical (unpaired) electrons. The van der Waals surface area contributed by atoms with E-state index in [0.717, 1.165) is 35.0 Å². The third-order valence-corrected chi connectivity index (χ3v) is 5.05. The van der Waals surface area contributed by atoms with Crippen molar-refractivity contribution in [3.63, 3.8) is 0 Å². The number of carbonyl (C=O) groups excluding carboxylic acids is 1. The summed E-state index contributed by atoms with van der Waals surface area (Å²) in [5.74, 6) is 1.72. The van der Waals surface area contributed by atoms with Crippen molar-refractivity contribution in [3.8, 4) is 17.1 Å². The van der Waals surface area contributed by atoms with Crippen LogP contribution in [0.15, 0.2) is 70.3 Å². The summed E-state index contributed by atoms with van der Waals surface area (Å²) in [4.78, 5) is 40.8. The number of aromatic amines is 2. The van der Waals surface area contributed by atoms with E-state index in [1.54, 1.807) is 30.3 Å². The van der Waals surface area contributed by atoms with Crippen molar-refractivity contribution in [1.82, 2.24) is 25.0 Å². The number of nitrogens with one attached hydrogen (secondary N) is 3. The second kappa shape index (κ2) is 7.52. The third kappa shape index (κ3) is 3.93. The molecule has 0 unspecified atom stereocenters. The van der Waals surface area contributed by atoms with Crippen LogP contribution < -0.4 is 16.4 Å². The van der Waals surface area contributed by atoms with Gasteiger partial charge in [0.05, 0.1) is 5.69 Å². The van der Waals surface area contributed by atoms with Gasteiger partial charge in [0.1, 0.15) is 5.82 Å². The maximum absolute atomic E-state index is 12.7. The number of hydrogen-bond acceptors (Lipinski definition) is 5. The number of hydrogen-bond donors (Lipinski definition) is 3. The second-order valence-electron chi connectivity index (χ2n) is 7.38. The van der Waals surface area contributed by atoms with Gasteiger partial charge in [-0.3, -0.25) is 24.6 Å². The van der Waals surface area contributed by atoms with Crippen molar-refractivity contribution in [2.45, 2.75) is 18.8 Å². The average Bonchev–Trinajstić information content (AvgIpc) is 3.53. The van der Waals surface area contributed by atoms with Gasteiger partial charge in [0.15, 0.2) is 5.82 Å². The lowest BCUT2D eigenvalue weighted by molar-refractivity contribution is 0.102. The van der Waals surface area contributed by atoms with E-state index in [9.17, 15) is 14.4 Å². The predicted molar refractivity (Wildman–Crippen MR) is 114 cm³/mol. The minimum absolute atomic E-state index is 0.338. The summed E-state index contributed by atoms with van der Waals surface area (Å²) in [7, 11) is 0. The molecule has 1 amide bonds. The molecule has 2 heterocycles. The predicted octanol–water partition coefficient (Wildman–Crippen LogP) is 2.44. The van der Waals surface area contributed by atoms with Gasteiger partial charge in [-0.2, -0.15) is 5.10 Å². The standard InChI is InChI=1S/C22H18N6O3/c29-18-10-11-19(30)28(27-18)17-3-1-2-15(12-17)22(31)23-16-8-6-14(7-9-16)21-24-20(25-26-21)13-4-5-13/h1-3,6-13H,4-5H2,(H,23,31)(H,27,29)(H,24,25,26). The van der Waals surface area contributed by atoms with Crippen LogP contribution in [0, 0.1) is 0 Å². The molecule has 2 aromatic heterocycles. The Morgan fingerprint density at radius 1 is 1.03 bits per heavy atom. The summed E-state index contributed by atoms with van der Waals surface area (Å²) in [6.07, 6.45) is 2.30. The first-order valence-corrected chi connectivity index (χ1v) is 9.84. The molecule has 0 spiro atoms. The number of anilines is 1. The fourth-order valence-corrected chi connectivity index (χ4v) is 3.25. The smallest absolute Gasteiger partial charge is 0.269 e. The highest BCUT2D eigenvalue weighted by molar-refractivity contribution is 6.04. The van der Waals surface area contributed by atoms with Gasteiger partial charge in [0, 0.05) is 34.9 Å². The molecule has 1 fully saturated rings. The highest BCUT2D eigenvalue weighted by Crippen LogP contribution is 2.38. The Morgan fingerprint density at radius 3 is 2.61 bits per heavy atom. The molecule has 3 N–H and O–H groups in total. The molecule has 4 aromatic rings. The molecule has 1 aliphatic rings. The summed E-state index contributed by atoms with van der Waals surface area (Å²) < 4.78 is 1.10. The lowest BCUT2D eigenvalue weighted by Crippen LogP contribution is -2.26. The number of benzene rings is 2. The van der Waals surface area contributed by atoms with Gasteiger partial charge >= 0.3 is 0 Å². The van der Waals surface area contributed by atoms with Crippen LogP contribution in [0.25, 0.3) is 17.1 Å². The van der Waals surface area contributed by atoms with E-state index in [4.69, 9.17) is 0 Å². The first-order valence-electron chi connectivity index (χ1n) is 9.84. The minimum Gasteiger partial charge on any atom is -0.322 e. The highest BCUT2D eigenvalue weighted by atomic mass is 16.2. The van der Waals surface area contributed by atoms with Crippen molar-refractivity contribution < 1.29 is 4.79 Å². The van der Waals surface area contributed by atoms with Crippen LogP contribution in [0.1, 0.15) is 34.9 Å². The maximum atomic E-state index is 12.7. The lowest BCUT2D eigenvalue weighted by Gasteiger charge is -2.09. The van der Waals surface area contributed by atoms with Crippen molar-refractivity contribution >= 4 is 11.6 Å². The van der Waals surface area contributed by atoms with E-state index in [1.807, 2.05) is 12.1 Å². The normalized spacial score (nSPS) is 13.2. The van der Waals surface area contributed by atoms with Crippen LogP contribution in [0.2, 0.25) is 0 Å². The molecular formula is C22H18N6O3. The maximum Gasteiger partial charge on any atom is 0.269 e. The van der Waals surface area contributed by atoms with Gasteiger partial charge in [-0.25, -0.2) is 9.67 Å². The van der Waals surface area contributed by atoms with Gasteiger partial charge < -0.3 is 5.32 Å². The van der Waals surface area contributed by atoms with Crippen LogP contribution in [-0.4, -0.2) is 30.9 Å². The molecule has 2 aromatic carbocycles. The zero-order valence-electron chi connectivity index (χ0n) is 16.3. The Balaban J connectivity index is 1.33. The van der Waals surface area contributed by atoms with Gasteiger partial charge in [0.25, 0.3) is 17.0 Å². The Labute approximate surface area is 175 Å². The summed E-state index contributed by atoms with van der Waals surface area (Å²) in [5, 5.41) is 12.5. The van der Waals surface area contributed by atoms with Crippen molar-refractivity contribution in [2.24, 2.45) is 0 Å². The van der Waals surface area contributed by atoms with E-state index in [-0.39, 0.29) is 5.91 Å². The lowest BCUT2D eigenvalue weighted by atomic mass is 10.1. The zero-order valence-corrected chi connectivity index (χ0v) is 16.3. The van der Waals surface area contributed by atoms with E-state index in [2.05, 4.69) is 25.6 Å². The Bertz CT molecular complexity index is 1380. The Kier molecular flexibility index (Phi) is 4.55. The number of carbonyl (C=O) groups is 1. The number of aromatic nitrogens is 5. The van der Waals surface area contributed by atoms with E-state index in [0.29, 0.717) is 28.7 Å². The first-order chi connectivity index (χ1) is 15.1. The molecule has 0 aliphatic heterocycles. The SMILES string of the molecule is O=C(Nc1ccc(-c2n[nH]c(C3CC3)n2)cc1)c1cccc(-n2[nH]c(=O)ccc2=O)c1. The van der Waals surface area contributed by atoms with Crippen molar-refractivity contribution in [3.05, 3.63) is 92.8 Å². The molecular weight excluding hydrogens is 396 g/mol. The first kappa shape index (κ1) is 18.7. The van der Waals surface area contributed by atoms with E-state index < -0.39 is 11.1 Å². The van der Waals surface area contributed by atoms with Gasteiger partial charge in [-0.1, -0.05) is 6.07 Å². The van der Waals surface area contributed by atoms with Crippen molar-refractivity contribution in [1.29, 1.82) is 0 Å². The van der Waals surface area contributed by atoms with Gasteiger partial charge in [-0.05, 0) is 55.3 Å². The minimum atomic E-state index is -0.412. The van der Waals surface area contributed by atoms with Crippen LogP contribution in [0.4, 0.5) is 5.69 Å². The van der Waals surface area contributed by atoms with Gasteiger partial charge in [0.2, 0.25) is 0 Å². The second-order valence-corrected chi connectivity index (χ2v) is 7.38. The summed E-state index contributed by atoms with van der Waals surface area (Å²) in [6, 6.07) is 16.0. The molecule has 9 heteroatoms. The quantitative estimate of drug-likeness (QED) is 0.462. The van der Waals surface area contributed by atoms with Crippen LogP contribution in [0.5, 0.6) is 0 Å². The monoisotopic (exact) mass is 414 g/mol. The fraction of sp³-hybridized carbons (Fsp3) is 0.136. The molecule has 31 heavy (non-hydrogen) atoms. The largest absolute Gasteiger partial charge is 0.322 e. The van der Waals surface area contributed by atoms with Crippen molar-refractivity contribution in [2.75, 3.05) is 5.32 Å². The number of H-pyrrole nitrogens is 2. The Hall–Kier alpha value is -4.27. The summed E-state index contributed by atoms with van der Waals surface area (Å²) >= 11 is 0. The van der Waals surface area contributed by atoms with Gasteiger partial charge in [-0.15, -0.1) is 0 Å². The van der Waals surface area contributed by atoms with Crippen LogP contribution in [0.3, 0.4) is 0 Å². The molecule has 1 aliphatic carbocycles. The molecule has 0 saturated heterocycles. The summed E-state index contributed by atoms with van der Waals surface area (Å²) in [6.45, 7) is 0. The third-order valence-electron chi connectivity index (χ3n) is 5.05. The molecule has 9 nitrogen and oxygen atoms in total. The molecule has 5 rings (SSSR count). The van der Waals surface area contributed by atoms with Crippen LogP contribution >= 0.6 is 0 Å². The molecule has 1 saturated carbocycles. The van der Waals surface area contributed by atoms with E-state index in [1.165, 1.54) is 12.1 Å². The fourth-order valence-electron chi connectivity index (χ4n) is 3.25. The zero-order chi connectivity index (χ0) is 21.4. The highest BCUT2D eigenvalue weighted by Gasteiger charge is 2.27. The van der Waals surface area contributed by atoms with Crippen LogP contribution in [-0.2, 0) is 0 Å². The number of rotatable bonds is 5. The summed E-state index contributed by atoms with van der Waals surface area (Å²) in [5.41, 5.74) is 1.40. The molecule has 154 valence electrons. The average molecular weight is 414 g/mol. The topological polar surface area (TPSA) is 126 Å². The molecule has 0 atom stereocenters. The van der Waals surface area contributed by atoms with E-state index >= 15 is 0 Å². The number of amides is 1. The Morgan fingerprint density at radius 2 is 1.84 bits per heavy atom. The number of nitrogens with zero attached hydrogens (tertiary/aromatic N) is 3. The molecule has 0 bridgehead atoms.